The number of hydrogen-bond acceptors (Lipinski definition) is 5. The number of halogens is 3. The first-order valence-electron chi connectivity index (χ1n) is 7.56. The molecule has 0 aliphatic rings. The highest BCUT2D eigenvalue weighted by atomic mass is 35.5. The van der Waals surface area contributed by atoms with E-state index in [4.69, 9.17) is 44.3 Å². The van der Waals surface area contributed by atoms with Crippen LogP contribution < -0.4 is 4.74 Å². The number of ether oxygens (including phenoxy) is 2. The minimum Gasteiger partial charge on any atom is -0.463 e. The van der Waals surface area contributed by atoms with Gasteiger partial charge in [-0.3, -0.25) is 14.2 Å². The van der Waals surface area contributed by atoms with Gasteiger partial charge in [-0.25, -0.2) is 4.98 Å². The van der Waals surface area contributed by atoms with Gasteiger partial charge in [-0.2, -0.15) is 0 Å². The Hall–Kier alpha value is -1.76. The summed E-state index contributed by atoms with van der Waals surface area (Å²) in [6, 6.07) is 6.49. The van der Waals surface area contributed by atoms with E-state index in [9.17, 15) is 9.59 Å². The monoisotopic (exact) mass is 418 g/mol. The molecule has 140 valence electrons. The summed E-state index contributed by atoms with van der Waals surface area (Å²) in [6.45, 7) is 4.08. The van der Waals surface area contributed by atoms with Crippen molar-refractivity contribution in [2.45, 2.75) is 31.5 Å². The van der Waals surface area contributed by atoms with Gasteiger partial charge in [0.1, 0.15) is 5.75 Å². The van der Waals surface area contributed by atoms with E-state index in [0.717, 1.165) is 6.92 Å². The Bertz CT molecular complexity index is 774. The van der Waals surface area contributed by atoms with E-state index in [1.54, 1.807) is 30.5 Å². The lowest BCUT2D eigenvalue weighted by Gasteiger charge is -2.36. The van der Waals surface area contributed by atoms with Crippen LogP contribution in [0.25, 0.3) is 0 Å². The Morgan fingerprint density at radius 2 is 1.81 bits per heavy atom. The van der Waals surface area contributed by atoms with Gasteiger partial charge in [-0.05, 0) is 38.1 Å². The van der Waals surface area contributed by atoms with Crippen molar-refractivity contribution in [3.63, 3.8) is 0 Å². The van der Waals surface area contributed by atoms with E-state index in [-0.39, 0.29) is 0 Å². The molecule has 1 aromatic carbocycles. The second kappa shape index (κ2) is 7.86. The predicted molar refractivity (Wildman–Crippen MR) is 98.3 cm³/mol. The first-order valence-corrected chi connectivity index (χ1v) is 8.69. The van der Waals surface area contributed by atoms with Gasteiger partial charge in [0.25, 0.3) is 4.52 Å². The second-order valence-electron chi connectivity index (χ2n) is 6.03. The number of alkyl halides is 2. The highest BCUT2D eigenvalue weighted by Crippen LogP contribution is 2.45. The van der Waals surface area contributed by atoms with Crippen molar-refractivity contribution < 1.29 is 19.1 Å². The van der Waals surface area contributed by atoms with Crippen molar-refractivity contribution in [1.82, 2.24) is 9.55 Å². The molecule has 0 radical (unpaired) electrons. The number of rotatable bonds is 7. The maximum absolute atomic E-state index is 13.2. The van der Waals surface area contributed by atoms with Crippen molar-refractivity contribution in [2.75, 3.05) is 0 Å². The van der Waals surface area contributed by atoms with Crippen LogP contribution >= 0.6 is 34.8 Å². The van der Waals surface area contributed by atoms with Crippen molar-refractivity contribution in [3.05, 3.63) is 48.0 Å². The van der Waals surface area contributed by atoms with E-state index >= 15 is 0 Å². The highest BCUT2D eigenvalue weighted by Gasteiger charge is 2.53. The van der Waals surface area contributed by atoms with E-state index in [1.807, 2.05) is 0 Å². The molecule has 0 aliphatic heterocycles. The Morgan fingerprint density at radius 3 is 2.31 bits per heavy atom. The molecule has 0 bridgehead atoms. The standard InChI is InChI=1S/C17H17Cl3N2O4/c1-11(23)26-17(19,20)16(2,3)14(24)15(22-9-8-21-10-22)25-13-6-4-12(18)5-7-13/h4-10,15H,1-3H3. The zero-order valence-electron chi connectivity index (χ0n) is 14.3. The van der Waals surface area contributed by atoms with E-state index < -0.39 is 27.9 Å². The molecule has 0 N–H and O–H groups in total. The minimum absolute atomic E-state index is 0.402. The molecule has 1 heterocycles. The van der Waals surface area contributed by atoms with Gasteiger partial charge in [0, 0.05) is 24.3 Å². The Labute approximate surface area is 166 Å². The van der Waals surface area contributed by atoms with Gasteiger partial charge in [-0.15, -0.1) is 0 Å². The van der Waals surface area contributed by atoms with Crippen molar-refractivity contribution in [3.8, 4) is 5.75 Å². The first kappa shape index (κ1) is 20.6. The van der Waals surface area contributed by atoms with Crippen molar-refractivity contribution in [2.24, 2.45) is 5.41 Å². The van der Waals surface area contributed by atoms with Crippen molar-refractivity contribution in [1.29, 1.82) is 0 Å². The van der Waals surface area contributed by atoms with E-state index in [0.29, 0.717) is 10.8 Å². The fourth-order valence-corrected chi connectivity index (χ4v) is 2.59. The third-order valence-electron chi connectivity index (χ3n) is 3.70. The van der Waals surface area contributed by atoms with Gasteiger partial charge >= 0.3 is 5.97 Å². The van der Waals surface area contributed by atoms with Crippen LogP contribution in [0.1, 0.15) is 27.0 Å². The third kappa shape index (κ3) is 4.50. The van der Waals surface area contributed by atoms with Crippen LogP contribution in [0.4, 0.5) is 0 Å². The van der Waals surface area contributed by atoms with Gasteiger partial charge in [-0.1, -0.05) is 34.8 Å². The van der Waals surface area contributed by atoms with E-state index in [2.05, 4.69) is 4.98 Å². The zero-order chi connectivity index (χ0) is 19.5. The molecule has 0 fully saturated rings. The number of imidazole rings is 1. The molecule has 0 saturated heterocycles. The molecule has 0 aliphatic carbocycles. The summed E-state index contributed by atoms with van der Waals surface area (Å²) in [6.07, 6.45) is 3.34. The molecule has 2 aromatic rings. The van der Waals surface area contributed by atoms with Crippen LogP contribution in [0.15, 0.2) is 43.0 Å². The third-order valence-corrected chi connectivity index (χ3v) is 5.05. The van der Waals surface area contributed by atoms with Crippen LogP contribution in [0.3, 0.4) is 0 Å². The molecule has 0 spiro atoms. The lowest BCUT2D eigenvalue weighted by atomic mass is 9.87. The van der Waals surface area contributed by atoms with Gasteiger partial charge < -0.3 is 9.47 Å². The van der Waals surface area contributed by atoms with Crippen LogP contribution in [0.5, 0.6) is 5.75 Å². The maximum Gasteiger partial charge on any atom is 0.305 e. The summed E-state index contributed by atoms with van der Waals surface area (Å²) in [5.41, 5.74) is -1.50. The topological polar surface area (TPSA) is 70.4 Å². The fourth-order valence-electron chi connectivity index (χ4n) is 2.06. The largest absolute Gasteiger partial charge is 0.463 e. The van der Waals surface area contributed by atoms with Crippen LogP contribution in [-0.2, 0) is 14.3 Å². The van der Waals surface area contributed by atoms with E-state index in [1.165, 1.54) is 30.9 Å². The van der Waals surface area contributed by atoms with Crippen LogP contribution in [0, 0.1) is 5.41 Å². The summed E-state index contributed by atoms with van der Waals surface area (Å²) < 4.78 is 10.1. The minimum atomic E-state index is -2.09. The Morgan fingerprint density at radius 1 is 1.19 bits per heavy atom. The number of aromatic nitrogens is 2. The molecule has 26 heavy (non-hydrogen) atoms. The smallest absolute Gasteiger partial charge is 0.305 e. The second-order valence-corrected chi connectivity index (χ2v) is 7.73. The highest BCUT2D eigenvalue weighted by molar-refractivity contribution is 6.49. The summed E-state index contributed by atoms with van der Waals surface area (Å²) in [4.78, 5) is 28.4. The molecular weight excluding hydrogens is 403 g/mol. The summed E-state index contributed by atoms with van der Waals surface area (Å²) in [7, 11) is 0. The average Bonchev–Trinajstić information content (AvgIpc) is 3.06. The SMILES string of the molecule is CC(=O)OC(Cl)(Cl)C(C)(C)C(=O)C(Oc1ccc(Cl)cc1)n1ccnc1. The zero-order valence-corrected chi connectivity index (χ0v) is 16.5. The summed E-state index contributed by atoms with van der Waals surface area (Å²) in [5.74, 6) is -0.829. The lowest BCUT2D eigenvalue weighted by molar-refractivity contribution is -0.157. The first-order chi connectivity index (χ1) is 12.0. The van der Waals surface area contributed by atoms with Crippen LogP contribution in [-0.4, -0.2) is 25.8 Å². The Balaban J connectivity index is 2.37. The summed E-state index contributed by atoms with van der Waals surface area (Å²) >= 11 is 18.2. The quantitative estimate of drug-likeness (QED) is 0.491. The number of carbonyl (C=O) groups excluding carboxylic acids is 2. The molecule has 1 unspecified atom stereocenters. The lowest BCUT2D eigenvalue weighted by Crippen LogP contribution is -2.48. The molecule has 1 aromatic heterocycles. The molecule has 0 saturated carbocycles. The number of Topliss-reactive ketones (excluding diaryl/α,β-unsaturated/α-hetero) is 1. The average molecular weight is 420 g/mol. The summed E-state index contributed by atoms with van der Waals surface area (Å²) in [5, 5.41) is 0.526. The number of nitrogens with zero attached hydrogens (tertiary/aromatic N) is 2. The predicted octanol–water partition coefficient (Wildman–Crippen LogP) is 4.40. The molecule has 1 atom stereocenters. The maximum atomic E-state index is 13.2. The van der Waals surface area contributed by atoms with Gasteiger partial charge in [0.15, 0.2) is 0 Å². The number of hydrogen-bond donors (Lipinski definition) is 0. The number of ketones is 1. The molecular formula is C17H17Cl3N2O4. The number of benzene rings is 1. The normalized spacial score (nSPS) is 13.2. The number of esters is 1. The molecule has 9 heteroatoms. The van der Waals surface area contributed by atoms with Crippen molar-refractivity contribution >= 4 is 46.6 Å². The molecule has 0 amide bonds. The number of carbonyl (C=O) groups is 2. The Kier molecular flexibility index (Phi) is 6.21. The van der Waals surface area contributed by atoms with Crippen LogP contribution in [0.2, 0.25) is 5.02 Å². The van der Waals surface area contributed by atoms with Gasteiger partial charge in [0.2, 0.25) is 12.0 Å². The van der Waals surface area contributed by atoms with Gasteiger partial charge in [0.05, 0.1) is 11.7 Å². The molecule has 2 rings (SSSR count). The molecule has 6 nitrogen and oxygen atoms in total. The fraction of sp³-hybridized carbons (Fsp3) is 0.353.